The van der Waals surface area contributed by atoms with Crippen molar-refractivity contribution in [3.05, 3.63) is 78.3 Å². The molecule has 168 valence electrons. The Labute approximate surface area is 191 Å². The number of hydrogen-bond acceptors (Lipinski definition) is 7. The van der Waals surface area contributed by atoms with E-state index in [2.05, 4.69) is 49.4 Å². The van der Waals surface area contributed by atoms with Crippen molar-refractivity contribution in [2.75, 3.05) is 43.5 Å². The number of benzene rings is 2. The molecule has 1 amide bonds. The molecule has 1 N–H and O–H groups in total. The normalized spacial score (nSPS) is 14.4. The van der Waals surface area contributed by atoms with E-state index in [0.717, 1.165) is 43.9 Å². The first-order valence-electron chi connectivity index (χ1n) is 10.9. The van der Waals surface area contributed by atoms with Crippen LogP contribution in [-0.2, 0) is 6.54 Å². The summed E-state index contributed by atoms with van der Waals surface area (Å²) in [5.74, 6) is 1.65. The van der Waals surface area contributed by atoms with Crippen LogP contribution < -0.4 is 15.0 Å². The zero-order valence-corrected chi connectivity index (χ0v) is 18.4. The number of carbonyl (C=O) groups is 1. The SMILES string of the molecule is COc1cccc2cc(C(=O)Nc3cc(N4CCN(Cc5ccccc5)CC4)ncn3)oc12. The van der Waals surface area contributed by atoms with E-state index in [-0.39, 0.29) is 11.7 Å². The molecule has 4 aromatic rings. The molecule has 0 atom stereocenters. The molecule has 2 aromatic heterocycles. The second-order valence-electron chi connectivity index (χ2n) is 7.95. The van der Waals surface area contributed by atoms with E-state index in [4.69, 9.17) is 9.15 Å². The fraction of sp³-hybridized carbons (Fsp3) is 0.240. The summed E-state index contributed by atoms with van der Waals surface area (Å²) in [6, 6.07) is 19.5. The van der Waals surface area contributed by atoms with Crippen LogP contribution in [0.5, 0.6) is 5.75 Å². The maximum atomic E-state index is 12.8. The van der Waals surface area contributed by atoms with E-state index in [1.807, 2.05) is 18.2 Å². The lowest BCUT2D eigenvalue weighted by Crippen LogP contribution is -2.46. The molecular formula is C25H25N5O3. The smallest absolute Gasteiger partial charge is 0.292 e. The first-order chi connectivity index (χ1) is 16.2. The quantitative estimate of drug-likeness (QED) is 0.485. The Morgan fingerprint density at radius 2 is 1.85 bits per heavy atom. The molecular weight excluding hydrogens is 418 g/mol. The number of amides is 1. The number of furan rings is 1. The zero-order chi connectivity index (χ0) is 22.6. The van der Waals surface area contributed by atoms with Crippen LogP contribution >= 0.6 is 0 Å². The number of hydrogen-bond donors (Lipinski definition) is 1. The van der Waals surface area contributed by atoms with Crippen LogP contribution in [0.1, 0.15) is 16.1 Å². The molecule has 8 heteroatoms. The van der Waals surface area contributed by atoms with Gasteiger partial charge in [0.15, 0.2) is 17.1 Å². The van der Waals surface area contributed by atoms with Crippen LogP contribution in [0.2, 0.25) is 0 Å². The minimum atomic E-state index is -0.370. The van der Waals surface area contributed by atoms with Gasteiger partial charge in [-0.05, 0) is 17.7 Å². The fourth-order valence-electron chi connectivity index (χ4n) is 4.05. The molecule has 0 saturated carbocycles. The first-order valence-corrected chi connectivity index (χ1v) is 10.9. The molecule has 0 unspecified atom stereocenters. The van der Waals surface area contributed by atoms with Crippen molar-refractivity contribution >= 4 is 28.5 Å². The lowest BCUT2D eigenvalue weighted by molar-refractivity contribution is 0.0998. The number of carbonyl (C=O) groups excluding carboxylic acids is 1. The van der Waals surface area contributed by atoms with Gasteiger partial charge in [0.1, 0.15) is 18.0 Å². The Bertz CT molecular complexity index is 1250. The molecule has 1 saturated heterocycles. The van der Waals surface area contributed by atoms with Crippen LogP contribution in [0.4, 0.5) is 11.6 Å². The standard InChI is InChI=1S/C25H25N5O3/c1-32-20-9-5-8-19-14-21(33-24(19)20)25(31)28-22-15-23(27-17-26-22)30-12-10-29(11-13-30)16-18-6-3-2-4-7-18/h2-9,14-15,17H,10-13,16H2,1H3,(H,26,27,28,31). The predicted molar refractivity (Wildman–Crippen MR) is 127 cm³/mol. The molecule has 5 rings (SSSR count). The van der Waals surface area contributed by atoms with Gasteiger partial charge in [0.2, 0.25) is 0 Å². The largest absolute Gasteiger partial charge is 0.493 e. The fourth-order valence-corrected chi connectivity index (χ4v) is 4.05. The molecule has 0 bridgehead atoms. The highest BCUT2D eigenvalue weighted by atomic mass is 16.5. The van der Waals surface area contributed by atoms with Gasteiger partial charge in [0.05, 0.1) is 7.11 Å². The molecule has 1 aliphatic heterocycles. The van der Waals surface area contributed by atoms with Gasteiger partial charge >= 0.3 is 0 Å². The second-order valence-corrected chi connectivity index (χ2v) is 7.95. The number of aromatic nitrogens is 2. The van der Waals surface area contributed by atoms with Crippen molar-refractivity contribution in [1.29, 1.82) is 0 Å². The Morgan fingerprint density at radius 1 is 1.03 bits per heavy atom. The van der Waals surface area contributed by atoms with Gasteiger partial charge in [-0.3, -0.25) is 9.69 Å². The van der Waals surface area contributed by atoms with Gasteiger partial charge in [-0.15, -0.1) is 0 Å². The summed E-state index contributed by atoms with van der Waals surface area (Å²) < 4.78 is 11.0. The molecule has 1 aliphatic rings. The van der Waals surface area contributed by atoms with Crippen LogP contribution in [0.3, 0.4) is 0 Å². The minimum Gasteiger partial charge on any atom is -0.493 e. The Hall–Kier alpha value is -3.91. The molecule has 2 aromatic carbocycles. The number of para-hydroxylation sites is 1. The lowest BCUT2D eigenvalue weighted by atomic mass is 10.2. The summed E-state index contributed by atoms with van der Waals surface area (Å²) >= 11 is 0. The predicted octanol–water partition coefficient (Wildman–Crippen LogP) is 3.81. The van der Waals surface area contributed by atoms with Gasteiger partial charge in [0, 0.05) is 44.2 Å². The van der Waals surface area contributed by atoms with E-state index >= 15 is 0 Å². The summed E-state index contributed by atoms with van der Waals surface area (Å²) in [5.41, 5.74) is 1.86. The van der Waals surface area contributed by atoms with Gasteiger partial charge in [-0.1, -0.05) is 42.5 Å². The molecule has 3 heterocycles. The van der Waals surface area contributed by atoms with Crippen LogP contribution in [-0.4, -0.2) is 54.1 Å². The molecule has 0 radical (unpaired) electrons. The summed E-state index contributed by atoms with van der Waals surface area (Å²) in [4.78, 5) is 26.0. The van der Waals surface area contributed by atoms with Gasteiger partial charge in [-0.25, -0.2) is 9.97 Å². The van der Waals surface area contributed by atoms with Crippen molar-refractivity contribution in [3.8, 4) is 5.75 Å². The number of methoxy groups -OCH3 is 1. The number of anilines is 2. The van der Waals surface area contributed by atoms with Crippen molar-refractivity contribution in [1.82, 2.24) is 14.9 Å². The van der Waals surface area contributed by atoms with Gasteiger partial charge in [-0.2, -0.15) is 0 Å². The average Bonchev–Trinajstić information content (AvgIpc) is 3.30. The Morgan fingerprint density at radius 3 is 2.64 bits per heavy atom. The van der Waals surface area contributed by atoms with Crippen molar-refractivity contribution in [2.45, 2.75) is 6.54 Å². The molecule has 0 spiro atoms. The zero-order valence-electron chi connectivity index (χ0n) is 18.4. The maximum Gasteiger partial charge on any atom is 0.292 e. The highest BCUT2D eigenvalue weighted by Gasteiger charge is 2.20. The topological polar surface area (TPSA) is 83.7 Å². The van der Waals surface area contributed by atoms with Crippen molar-refractivity contribution in [2.24, 2.45) is 0 Å². The van der Waals surface area contributed by atoms with Gasteiger partial charge < -0.3 is 19.4 Å². The van der Waals surface area contributed by atoms with Crippen LogP contribution in [0.15, 0.2) is 71.4 Å². The number of fused-ring (bicyclic) bond motifs is 1. The third kappa shape index (κ3) is 4.65. The number of nitrogens with one attached hydrogen (secondary N) is 1. The molecule has 8 nitrogen and oxygen atoms in total. The summed E-state index contributed by atoms with van der Waals surface area (Å²) in [7, 11) is 1.57. The van der Waals surface area contributed by atoms with Crippen molar-refractivity contribution in [3.63, 3.8) is 0 Å². The Kier molecular flexibility index (Phi) is 5.91. The summed E-state index contributed by atoms with van der Waals surface area (Å²) in [6.07, 6.45) is 1.48. The number of rotatable bonds is 6. The first kappa shape index (κ1) is 21.0. The molecule has 0 aliphatic carbocycles. The van der Waals surface area contributed by atoms with Gasteiger partial charge in [0.25, 0.3) is 5.91 Å². The van der Waals surface area contributed by atoms with E-state index < -0.39 is 0 Å². The third-order valence-electron chi connectivity index (χ3n) is 5.79. The van der Waals surface area contributed by atoms with Crippen LogP contribution in [0, 0.1) is 0 Å². The van der Waals surface area contributed by atoms with E-state index in [1.54, 1.807) is 25.3 Å². The highest BCUT2D eigenvalue weighted by molar-refractivity contribution is 6.04. The highest BCUT2D eigenvalue weighted by Crippen LogP contribution is 2.29. The number of nitrogens with zero attached hydrogens (tertiary/aromatic N) is 4. The summed E-state index contributed by atoms with van der Waals surface area (Å²) in [5, 5.41) is 3.62. The van der Waals surface area contributed by atoms with Crippen LogP contribution in [0.25, 0.3) is 11.0 Å². The Balaban J connectivity index is 1.23. The molecule has 33 heavy (non-hydrogen) atoms. The lowest BCUT2D eigenvalue weighted by Gasteiger charge is -2.35. The van der Waals surface area contributed by atoms with Crippen molar-refractivity contribution < 1.29 is 13.9 Å². The second kappa shape index (κ2) is 9.30. The monoisotopic (exact) mass is 443 g/mol. The summed E-state index contributed by atoms with van der Waals surface area (Å²) in [6.45, 7) is 4.56. The molecule has 1 fully saturated rings. The maximum absolute atomic E-state index is 12.8. The minimum absolute atomic E-state index is 0.198. The third-order valence-corrected chi connectivity index (χ3v) is 5.79. The van der Waals surface area contributed by atoms with E-state index in [0.29, 0.717) is 17.2 Å². The average molecular weight is 444 g/mol. The van der Waals surface area contributed by atoms with E-state index in [9.17, 15) is 4.79 Å². The van der Waals surface area contributed by atoms with E-state index in [1.165, 1.54) is 11.9 Å². The number of piperazine rings is 1. The number of ether oxygens (including phenoxy) is 1.